The number of aliphatic hydroxyl groups excluding tert-OH is 1. The molecule has 0 aromatic rings. The van der Waals surface area contributed by atoms with Gasteiger partial charge in [-0.05, 0) is 12.8 Å². The van der Waals surface area contributed by atoms with Crippen molar-refractivity contribution in [1.29, 1.82) is 0 Å². The van der Waals surface area contributed by atoms with Crippen LogP contribution in [0.15, 0.2) is 0 Å². The summed E-state index contributed by atoms with van der Waals surface area (Å²) in [5.41, 5.74) is 0. The van der Waals surface area contributed by atoms with Gasteiger partial charge in [-0.15, -0.1) is 0 Å². The average molecular weight is 429 g/mol. The molecule has 0 fully saturated rings. The van der Waals surface area contributed by atoms with Crippen LogP contribution in [0, 0.1) is 0 Å². The van der Waals surface area contributed by atoms with E-state index in [2.05, 4.69) is 13.8 Å². The number of hydrogen-bond acceptors (Lipinski definition) is 4. The molecule has 4 heteroatoms. The van der Waals surface area contributed by atoms with Gasteiger partial charge in [0.2, 0.25) is 0 Å². The smallest absolute Gasteiger partial charge is 0.306 e. The first-order valence-electron chi connectivity index (χ1n) is 13.1. The molecular formula is C26H52O4. The Hall–Kier alpha value is -0.610. The fraction of sp³-hybridized carbons (Fsp3) is 0.962. The van der Waals surface area contributed by atoms with E-state index < -0.39 is 6.10 Å². The molecule has 0 bridgehead atoms. The van der Waals surface area contributed by atoms with Crippen molar-refractivity contribution in [2.75, 3.05) is 19.8 Å². The molecule has 0 aliphatic carbocycles. The van der Waals surface area contributed by atoms with Gasteiger partial charge < -0.3 is 14.6 Å². The molecule has 4 nitrogen and oxygen atoms in total. The lowest BCUT2D eigenvalue weighted by Crippen LogP contribution is -2.27. The standard InChI is InChI=1S/C26H52O4/c1-3-5-7-8-9-10-11-12-13-14-15-16-17-18-20-22-29-24-25(23-27)30-26(28)21-19-6-4-2/h25,27H,3-24H2,1-2H3. The van der Waals surface area contributed by atoms with Gasteiger partial charge in [0, 0.05) is 13.0 Å². The highest BCUT2D eigenvalue weighted by Gasteiger charge is 2.13. The van der Waals surface area contributed by atoms with Crippen molar-refractivity contribution in [3.63, 3.8) is 0 Å². The van der Waals surface area contributed by atoms with Gasteiger partial charge in [0.15, 0.2) is 0 Å². The van der Waals surface area contributed by atoms with E-state index >= 15 is 0 Å². The zero-order valence-corrected chi connectivity index (χ0v) is 20.3. The van der Waals surface area contributed by atoms with Crippen molar-refractivity contribution in [3.8, 4) is 0 Å². The molecule has 1 unspecified atom stereocenters. The highest BCUT2D eigenvalue weighted by Crippen LogP contribution is 2.13. The van der Waals surface area contributed by atoms with E-state index in [0.29, 0.717) is 19.6 Å². The van der Waals surface area contributed by atoms with Gasteiger partial charge >= 0.3 is 5.97 Å². The van der Waals surface area contributed by atoms with E-state index in [-0.39, 0.29) is 12.6 Å². The minimum atomic E-state index is -0.518. The molecular weight excluding hydrogens is 376 g/mol. The molecule has 0 amide bonds. The maximum absolute atomic E-state index is 11.7. The van der Waals surface area contributed by atoms with Gasteiger partial charge in [-0.25, -0.2) is 0 Å². The zero-order valence-electron chi connectivity index (χ0n) is 20.3. The van der Waals surface area contributed by atoms with Gasteiger partial charge in [-0.2, -0.15) is 0 Å². The predicted molar refractivity (Wildman–Crippen MR) is 127 cm³/mol. The molecule has 180 valence electrons. The third-order valence-electron chi connectivity index (χ3n) is 5.68. The lowest BCUT2D eigenvalue weighted by Gasteiger charge is -2.15. The fourth-order valence-electron chi connectivity index (χ4n) is 3.68. The molecule has 0 aliphatic rings. The van der Waals surface area contributed by atoms with E-state index in [1.54, 1.807) is 0 Å². The quantitative estimate of drug-likeness (QED) is 0.129. The van der Waals surface area contributed by atoms with Crippen molar-refractivity contribution in [2.45, 2.75) is 142 Å². The van der Waals surface area contributed by atoms with E-state index in [4.69, 9.17) is 9.47 Å². The Morgan fingerprint density at radius 2 is 1.10 bits per heavy atom. The van der Waals surface area contributed by atoms with Crippen LogP contribution in [0.25, 0.3) is 0 Å². The highest BCUT2D eigenvalue weighted by molar-refractivity contribution is 5.69. The fourth-order valence-corrected chi connectivity index (χ4v) is 3.68. The molecule has 0 saturated heterocycles. The summed E-state index contributed by atoms with van der Waals surface area (Å²) >= 11 is 0. The van der Waals surface area contributed by atoms with Crippen LogP contribution in [0.2, 0.25) is 0 Å². The Bertz CT molecular complexity index is 346. The summed E-state index contributed by atoms with van der Waals surface area (Å²) in [6.07, 6.45) is 23.2. The van der Waals surface area contributed by atoms with Gasteiger partial charge in [0.1, 0.15) is 6.10 Å². The van der Waals surface area contributed by atoms with Gasteiger partial charge in [-0.1, -0.05) is 117 Å². The second-order valence-corrected chi connectivity index (χ2v) is 8.78. The summed E-state index contributed by atoms with van der Waals surface area (Å²) in [4.78, 5) is 11.7. The Labute approximate surface area is 187 Å². The topological polar surface area (TPSA) is 55.8 Å². The third-order valence-corrected chi connectivity index (χ3v) is 5.68. The van der Waals surface area contributed by atoms with Crippen LogP contribution in [0.5, 0.6) is 0 Å². The van der Waals surface area contributed by atoms with Crippen LogP contribution in [0.1, 0.15) is 136 Å². The van der Waals surface area contributed by atoms with Crippen LogP contribution in [0.4, 0.5) is 0 Å². The molecule has 0 aromatic carbocycles. The maximum atomic E-state index is 11.7. The van der Waals surface area contributed by atoms with Gasteiger partial charge in [0.05, 0.1) is 13.2 Å². The van der Waals surface area contributed by atoms with Crippen molar-refractivity contribution < 1.29 is 19.4 Å². The highest BCUT2D eigenvalue weighted by atomic mass is 16.6. The molecule has 0 spiro atoms. The monoisotopic (exact) mass is 428 g/mol. The number of carbonyl (C=O) groups is 1. The average Bonchev–Trinajstić information content (AvgIpc) is 2.75. The zero-order chi connectivity index (χ0) is 22.1. The Morgan fingerprint density at radius 1 is 0.667 bits per heavy atom. The van der Waals surface area contributed by atoms with E-state index in [1.807, 2.05) is 0 Å². The van der Waals surface area contributed by atoms with Crippen LogP contribution < -0.4 is 0 Å². The summed E-state index contributed by atoms with van der Waals surface area (Å²) in [6, 6.07) is 0. The normalized spacial score (nSPS) is 12.2. The lowest BCUT2D eigenvalue weighted by molar-refractivity contribution is -0.154. The summed E-state index contributed by atoms with van der Waals surface area (Å²) in [7, 11) is 0. The van der Waals surface area contributed by atoms with Crippen molar-refractivity contribution in [1.82, 2.24) is 0 Å². The number of aliphatic hydroxyl groups is 1. The minimum absolute atomic E-state index is 0.168. The summed E-state index contributed by atoms with van der Waals surface area (Å²) in [6.45, 7) is 5.20. The van der Waals surface area contributed by atoms with Crippen molar-refractivity contribution >= 4 is 5.97 Å². The van der Waals surface area contributed by atoms with Crippen LogP contribution in [-0.2, 0) is 14.3 Å². The SMILES string of the molecule is CCCCCCCCCCCCCCCCCOCC(CO)OC(=O)CCCCC. The van der Waals surface area contributed by atoms with Crippen LogP contribution in [0.3, 0.4) is 0 Å². The van der Waals surface area contributed by atoms with Crippen molar-refractivity contribution in [3.05, 3.63) is 0 Å². The second-order valence-electron chi connectivity index (χ2n) is 8.78. The number of hydrogen-bond donors (Lipinski definition) is 1. The Balaban J connectivity index is 3.30. The first kappa shape index (κ1) is 29.4. The summed E-state index contributed by atoms with van der Waals surface area (Å²) < 4.78 is 10.9. The summed E-state index contributed by atoms with van der Waals surface area (Å²) in [5.74, 6) is -0.224. The molecule has 1 N–H and O–H groups in total. The number of rotatable bonds is 24. The largest absolute Gasteiger partial charge is 0.457 e. The van der Waals surface area contributed by atoms with Crippen LogP contribution in [-0.4, -0.2) is 37.0 Å². The predicted octanol–water partition coefficient (Wildman–Crippen LogP) is 7.36. The number of unbranched alkanes of at least 4 members (excludes halogenated alkanes) is 16. The van der Waals surface area contributed by atoms with E-state index in [0.717, 1.165) is 25.7 Å². The number of carbonyl (C=O) groups excluding carboxylic acids is 1. The molecule has 1 atom stereocenters. The minimum Gasteiger partial charge on any atom is -0.457 e. The molecule has 30 heavy (non-hydrogen) atoms. The number of ether oxygens (including phenoxy) is 2. The number of esters is 1. The van der Waals surface area contributed by atoms with E-state index in [9.17, 15) is 9.90 Å². The molecule has 0 heterocycles. The molecule has 0 radical (unpaired) electrons. The molecule has 0 aliphatic heterocycles. The molecule has 0 rings (SSSR count). The second kappa shape index (κ2) is 24.7. The first-order chi connectivity index (χ1) is 14.7. The molecule has 0 saturated carbocycles. The van der Waals surface area contributed by atoms with Crippen LogP contribution >= 0.6 is 0 Å². The Kier molecular flexibility index (Phi) is 24.2. The first-order valence-corrected chi connectivity index (χ1v) is 13.1. The van der Waals surface area contributed by atoms with Gasteiger partial charge in [-0.3, -0.25) is 4.79 Å². The third kappa shape index (κ3) is 22.1. The summed E-state index contributed by atoms with van der Waals surface area (Å²) in [5, 5.41) is 9.32. The van der Waals surface area contributed by atoms with E-state index in [1.165, 1.54) is 89.9 Å². The molecule has 0 aromatic heterocycles. The van der Waals surface area contributed by atoms with Crippen molar-refractivity contribution in [2.24, 2.45) is 0 Å². The maximum Gasteiger partial charge on any atom is 0.306 e. The Morgan fingerprint density at radius 3 is 1.57 bits per heavy atom. The lowest BCUT2D eigenvalue weighted by atomic mass is 10.0. The van der Waals surface area contributed by atoms with Gasteiger partial charge in [0.25, 0.3) is 0 Å².